The number of rotatable bonds is 42. The average Bonchev–Trinajstić information content (AvgIpc) is 3.12. The molecule has 10 nitrogen and oxygen atoms in total. The van der Waals surface area contributed by atoms with Gasteiger partial charge in [-0.1, -0.05) is 194 Å². The number of unbranched alkanes of at least 4 members (excludes halogenated alkanes) is 28. The molecule has 0 aromatic rings. The van der Waals surface area contributed by atoms with Crippen LogP contribution in [0, 0.1) is 0 Å². The van der Waals surface area contributed by atoms with Gasteiger partial charge in [0, 0.05) is 13.0 Å². The second-order valence-electron chi connectivity index (χ2n) is 14.8. The molecule has 3 atom stereocenters. The van der Waals surface area contributed by atoms with E-state index in [0.717, 1.165) is 38.5 Å². The summed E-state index contributed by atoms with van der Waals surface area (Å²) in [5, 5.41) is 8.88. The maximum Gasteiger partial charge on any atom is 0.472 e. The maximum absolute atomic E-state index is 12.6. The molecule has 0 radical (unpaired) electrons. The molecule has 310 valence electrons. The molecule has 0 heterocycles. The first-order valence-electron chi connectivity index (χ1n) is 21.6. The number of carboxylic acid groups (broad SMARTS) is 1. The maximum atomic E-state index is 12.6. The predicted octanol–water partition coefficient (Wildman–Crippen LogP) is 11.6. The highest BCUT2D eigenvalue weighted by Gasteiger charge is 2.27. The second-order valence-corrected chi connectivity index (χ2v) is 16.3. The van der Waals surface area contributed by atoms with Crippen molar-refractivity contribution in [3.8, 4) is 0 Å². The fourth-order valence-electron chi connectivity index (χ4n) is 6.25. The summed E-state index contributed by atoms with van der Waals surface area (Å²) in [6, 6.07) is -1.47. The van der Waals surface area contributed by atoms with Gasteiger partial charge >= 0.3 is 19.8 Å². The summed E-state index contributed by atoms with van der Waals surface area (Å²) in [5.74, 6) is -1.77. The van der Waals surface area contributed by atoms with E-state index in [4.69, 9.17) is 29.4 Å². The molecule has 0 aliphatic heterocycles. The molecule has 0 amide bonds. The largest absolute Gasteiger partial charge is 0.480 e. The molecule has 4 N–H and O–H groups in total. The van der Waals surface area contributed by atoms with E-state index in [1.165, 1.54) is 154 Å². The molecule has 0 saturated carbocycles. The Labute approximate surface area is 319 Å². The Balaban J connectivity index is 4.14. The zero-order valence-electron chi connectivity index (χ0n) is 33.7. The van der Waals surface area contributed by atoms with Crippen molar-refractivity contribution in [3.63, 3.8) is 0 Å². The molecule has 0 rings (SSSR count). The number of carbonyl (C=O) groups is 2. The molecule has 0 aliphatic rings. The van der Waals surface area contributed by atoms with E-state index in [1.54, 1.807) is 0 Å². The van der Waals surface area contributed by atoms with Gasteiger partial charge in [0.05, 0.1) is 19.8 Å². The van der Waals surface area contributed by atoms with Crippen LogP contribution in [0.3, 0.4) is 0 Å². The van der Waals surface area contributed by atoms with Crippen LogP contribution < -0.4 is 5.73 Å². The Hall–Kier alpha value is -1.03. The highest BCUT2D eigenvalue weighted by molar-refractivity contribution is 7.47. The fourth-order valence-corrected chi connectivity index (χ4v) is 7.03. The lowest BCUT2D eigenvalue weighted by molar-refractivity contribution is -0.154. The van der Waals surface area contributed by atoms with Crippen LogP contribution in [0.1, 0.15) is 213 Å². The molecule has 0 aliphatic carbocycles. The van der Waals surface area contributed by atoms with E-state index in [1.807, 2.05) is 0 Å². The molecule has 11 heteroatoms. The third-order valence-corrected chi connectivity index (χ3v) is 10.6. The highest BCUT2D eigenvalue weighted by Crippen LogP contribution is 2.43. The first-order valence-corrected chi connectivity index (χ1v) is 23.1. The summed E-state index contributed by atoms with van der Waals surface area (Å²) in [6.07, 6.45) is 37.2. The van der Waals surface area contributed by atoms with Gasteiger partial charge in [0.1, 0.15) is 12.1 Å². The lowest BCUT2D eigenvalue weighted by Gasteiger charge is -2.20. The second kappa shape index (κ2) is 38.3. The van der Waals surface area contributed by atoms with Crippen molar-refractivity contribution in [2.75, 3.05) is 26.4 Å². The number of aliphatic carboxylic acids is 1. The topological polar surface area (TPSA) is 155 Å². The molecule has 0 fully saturated rings. The molecule has 0 bridgehead atoms. The van der Waals surface area contributed by atoms with Gasteiger partial charge < -0.3 is 25.2 Å². The van der Waals surface area contributed by atoms with E-state index in [0.29, 0.717) is 6.61 Å². The Bertz CT molecular complexity index is 847. The minimum absolute atomic E-state index is 0.0251. The summed E-state index contributed by atoms with van der Waals surface area (Å²) in [5.41, 5.74) is 5.35. The monoisotopic (exact) mass is 764 g/mol. The fraction of sp³-hybridized carbons (Fsp3) is 0.951. The first kappa shape index (κ1) is 51.0. The molecule has 0 aromatic carbocycles. The number of carboxylic acids is 1. The molecule has 0 aromatic heterocycles. The van der Waals surface area contributed by atoms with Gasteiger partial charge in [0.25, 0.3) is 0 Å². The lowest BCUT2D eigenvalue weighted by Crippen LogP contribution is -2.34. The number of carbonyl (C=O) groups excluding carboxylic acids is 1. The van der Waals surface area contributed by atoms with Gasteiger partial charge in [0.2, 0.25) is 0 Å². The Morgan fingerprint density at radius 3 is 1.27 bits per heavy atom. The smallest absolute Gasteiger partial charge is 0.472 e. The van der Waals surface area contributed by atoms with Gasteiger partial charge in [0.15, 0.2) is 0 Å². The molecule has 0 saturated heterocycles. The lowest BCUT2D eigenvalue weighted by atomic mass is 10.0. The van der Waals surface area contributed by atoms with E-state index in [2.05, 4.69) is 13.8 Å². The van der Waals surface area contributed by atoms with E-state index in [9.17, 15) is 19.0 Å². The Kier molecular flexibility index (Phi) is 37.5. The number of hydrogen-bond acceptors (Lipinski definition) is 8. The van der Waals surface area contributed by atoms with Crippen molar-refractivity contribution in [1.82, 2.24) is 0 Å². The van der Waals surface area contributed by atoms with Crippen LogP contribution in [0.2, 0.25) is 0 Å². The summed E-state index contributed by atoms with van der Waals surface area (Å²) in [4.78, 5) is 33.5. The van der Waals surface area contributed by atoms with Crippen LogP contribution in [-0.4, -0.2) is 60.5 Å². The highest BCUT2D eigenvalue weighted by atomic mass is 31.2. The molecular formula is C41H82NO9P. The van der Waals surface area contributed by atoms with Crippen molar-refractivity contribution >= 4 is 19.8 Å². The van der Waals surface area contributed by atoms with Crippen LogP contribution in [0.15, 0.2) is 0 Å². The quantitative estimate of drug-likeness (QED) is 0.0311. The van der Waals surface area contributed by atoms with E-state index < -0.39 is 45.1 Å². The molecular weight excluding hydrogens is 681 g/mol. The normalized spacial score (nSPS) is 13.9. The van der Waals surface area contributed by atoms with Crippen molar-refractivity contribution in [2.24, 2.45) is 5.73 Å². The van der Waals surface area contributed by atoms with Crippen molar-refractivity contribution in [1.29, 1.82) is 0 Å². The zero-order valence-corrected chi connectivity index (χ0v) is 34.6. The van der Waals surface area contributed by atoms with Crippen molar-refractivity contribution in [2.45, 2.75) is 225 Å². The third kappa shape index (κ3) is 37.3. The molecule has 3 unspecified atom stereocenters. The van der Waals surface area contributed by atoms with Gasteiger partial charge in [-0.15, -0.1) is 0 Å². The number of phosphoric acid groups is 1. The number of phosphoric ester groups is 1. The summed E-state index contributed by atoms with van der Waals surface area (Å²) in [6.45, 7) is 3.91. The summed E-state index contributed by atoms with van der Waals surface area (Å²) in [7, 11) is -4.60. The van der Waals surface area contributed by atoms with Gasteiger partial charge in [-0.3, -0.25) is 18.6 Å². The third-order valence-electron chi connectivity index (χ3n) is 9.64. The first-order chi connectivity index (χ1) is 25.2. The Morgan fingerprint density at radius 1 is 0.538 bits per heavy atom. The molecule has 52 heavy (non-hydrogen) atoms. The summed E-state index contributed by atoms with van der Waals surface area (Å²) < 4.78 is 33.3. The van der Waals surface area contributed by atoms with Crippen LogP contribution in [-0.2, 0) is 32.7 Å². The summed E-state index contributed by atoms with van der Waals surface area (Å²) >= 11 is 0. The Morgan fingerprint density at radius 2 is 0.885 bits per heavy atom. The van der Waals surface area contributed by atoms with E-state index >= 15 is 0 Å². The average molecular weight is 764 g/mol. The van der Waals surface area contributed by atoms with E-state index in [-0.39, 0.29) is 13.0 Å². The van der Waals surface area contributed by atoms with Crippen LogP contribution in [0.25, 0.3) is 0 Å². The van der Waals surface area contributed by atoms with Crippen LogP contribution >= 0.6 is 7.82 Å². The number of hydrogen-bond donors (Lipinski definition) is 3. The minimum atomic E-state index is -4.60. The van der Waals surface area contributed by atoms with Gasteiger partial charge in [-0.2, -0.15) is 0 Å². The standard InChI is InChI=1S/C41H82NO9P/c1-3-5-7-9-11-13-15-16-17-18-19-20-21-22-23-25-27-29-31-33-40(43)51-38(36-49-52(46,47)50-37-39(42)41(44)45)35-48-34-32-30-28-26-24-14-12-10-8-6-4-2/h38-39H,3-37,42H2,1-2H3,(H,44,45)(H,46,47). The predicted molar refractivity (Wildman–Crippen MR) is 213 cm³/mol. The SMILES string of the molecule is CCCCCCCCCCCCCCCCCCCCCC(=O)OC(COCCCCCCCCCCCCC)COP(=O)(O)OCC(N)C(=O)O. The van der Waals surface area contributed by atoms with Crippen LogP contribution in [0.5, 0.6) is 0 Å². The molecule has 0 spiro atoms. The van der Waals surface area contributed by atoms with Crippen LogP contribution in [0.4, 0.5) is 0 Å². The number of ether oxygens (including phenoxy) is 2. The van der Waals surface area contributed by atoms with Gasteiger partial charge in [-0.25, -0.2) is 4.57 Å². The minimum Gasteiger partial charge on any atom is -0.480 e. The van der Waals surface area contributed by atoms with Crippen molar-refractivity contribution in [3.05, 3.63) is 0 Å². The zero-order chi connectivity index (χ0) is 38.4. The van der Waals surface area contributed by atoms with Crippen molar-refractivity contribution < 1.29 is 42.7 Å². The number of esters is 1. The van der Waals surface area contributed by atoms with Gasteiger partial charge in [-0.05, 0) is 12.8 Å². The number of nitrogens with two attached hydrogens (primary N) is 1.